The van der Waals surface area contributed by atoms with Crippen LogP contribution in [-0.2, 0) is 4.74 Å². The Morgan fingerprint density at radius 3 is 2.50 bits per heavy atom. The van der Waals surface area contributed by atoms with Crippen LogP contribution in [0.2, 0.25) is 0 Å². The van der Waals surface area contributed by atoms with Gasteiger partial charge in [-0.3, -0.25) is 4.79 Å². The minimum absolute atomic E-state index is 0.127. The number of benzene rings is 1. The largest absolute Gasteiger partial charge is 0.375 e. The molecule has 1 amide bonds. The Hall–Kier alpha value is -1.56. The van der Waals surface area contributed by atoms with Gasteiger partial charge < -0.3 is 9.64 Å². The van der Waals surface area contributed by atoms with Crippen LogP contribution < -0.4 is 0 Å². The van der Waals surface area contributed by atoms with Gasteiger partial charge in [0.05, 0.1) is 12.7 Å². The number of hydrogen-bond acceptors (Lipinski definition) is 2. The molecule has 1 aliphatic heterocycles. The zero-order valence-corrected chi connectivity index (χ0v) is 9.75. The molecule has 18 heavy (non-hydrogen) atoms. The second kappa shape index (κ2) is 4.97. The summed E-state index contributed by atoms with van der Waals surface area (Å²) in [5.41, 5.74) is -0.194. The smallest absolute Gasteiger partial charge is 0.254 e. The fourth-order valence-electron chi connectivity index (χ4n) is 1.86. The van der Waals surface area contributed by atoms with E-state index in [0.717, 1.165) is 0 Å². The van der Waals surface area contributed by atoms with Crippen LogP contribution in [0.3, 0.4) is 0 Å². The van der Waals surface area contributed by atoms with Gasteiger partial charge >= 0.3 is 0 Å². The number of ether oxygens (including phenoxy) is 1. The predicted octanol–water partition coefficient (Wildman–Crippen LogP) is 1.96. The van der Waals surface area contributed by atoms with Gasteiger partial charge in [-0.05, 0) is 19.1 Å². The molecule has 1 saturated heterocycles. The number of morpholine rings is 1. The summed E-state index contributed by atoms with van der Waals surface area (Å²) in [7, 11) is 0. The number of hydrogen-bond donors (Lipinski definition) is 0. The van der Waals surface area contributed by atoms with Crippen LogP contribution in [0.25, 0.3) is 0 Å². The lowest BCUT2D eigenvalue weighted by molar-refractivity contribution is -0.0124. The van der Waals surface area contributed by atoms with E-state index in [2.05, 4.69) is 0 Å². The number of carbonyl (C=O) groups is 1. The summed E-state index contributed by atoms with van der Waals surface area (Å²) in [6.45, 7) is 2.87. The summed E-state index contributed by atoms with van der Waals surface area (Å²) in [5.74, 6) is -4.82. The fourth-order valence-corrected chi connectivity index (χ4v) is 1.86. The molecule has 1 aliphatic rings. The van der Waals surface area contributed by atoms with Crippen molar-refractivity contribution in [3.05, 3.63) is 35.1 Å². The third-order valence-corrected chi connectivity index (χ3v) is 2.76. The van der Waals surface area contributed by atoms with E-state index >= 15 is 0 Å². The molecule has 0 bridgehead atoms. The molecule has 1 fully saturated rings. The molecule has 1 unspecified atom stereocenters. The first-order valence-electron chi connectivity index (χ1n) is 5.54. The van der Waals surface area contributed by atoms with Gasteiger partial charge in [0.1, 0.15) is 0 Å². The lowest BCUT2D eigenvalue weighted by Gasteiger charge is -2.31. The highest BCUT2D eigenvalue weighted by molar-refractivity contribution is 5.94. The number of amides is 1. The van der Waals surface area contributed by atoms with Crippen LogP contribution in [0.4, 0.5) is 13.2 Å². The first kappa shape index (κ1) is 12.9. The van der Waals surface area contributed by atoms with Gasteiger partial charge in [-0.2, -0.15) is 0 Å². The van der Waals surface area contributed by atoms with Crippen molar-refractivity contribution >= 4 is 5.91 Å². The number of rotatable bonds is 1. The average Bonchev–Trinajstić information content (AvgIpc) is 2.34. The summed E-state index contributed by atoms with van der Waals surface area (Å²) < 4.78 is 44.1. The average molecular weight is 259 g/mol. The van der Waals surface area contributed by atoms with Gasteiger partial charge in [0.15, 0.2) is 17.5 Å². The summed E-state index contributed by atoms with van der Waals surface area (Å²) >= 11 is 0. The first-order valence-corrected chi connectivity index (χ1v) is 5.54. The third-order valence-electron chi connectivity index (χ3n) is 2.76. The molecule has 0 N–H and O–H groups in total. The van der Waals surface area contributed by atoms with Crippen LogP contribution in [0.1, 0.15) is 17.3 Å². The van der Waals surface area contributed by atoms with Crippen LogP contribution in [-0.4, -0.2) is 36.6 Å². The Balaban J connectivity index is 2.23. The second-order valence-electron chi connectivity index (χ2n) is 4.19. The predicted molar refractivity (Wildman–Crippen MR) is 57.6 cm³/mol. The minimum atomic E-state index is -1.57. The summed E-state index contributed by atoms with van der Waals surface area (Å²) in [6.07, 6.45) is -0.127. The Labute approximate surface area is 102 Å². The Kier molecular flexibility index (Phi) is 3.56. The molecule has 1 aromatic carbocycles. The van der Waals surface area contributed by atoms with Gasteiger partial charge in [0, 0.05) is 18.7 Å². The molecular weight excluding hydrogens is 247 g/mol. The molecule has 0 spiro atoms. The van der Waals surface area contributed by atoms with E-state index in [1.54, 1.807) is 6.92 Å². The Bertz CT molecular complexity index is 455. The molecule has 0 aromatic heterocycles. The van der Waals surface area contributed by atoms with Crippen molar-refractivity contribution in [1.29, 1.82) is 0 Å². The molecule has 6 heteroatoms. The Morgan fingerprint density at radius 1 is 1.33 bits per heavy atom. The summed E-state index contributed by atoms with van der Waals surface area (Å²) in [4.78, 5) is 13.4. The van der Waals surface area contributed by atoms with Gasteiger partial charge in [-0.15, -0.1) is 0 Å². The van der Waals surface area contributed by atoms with E-state index in [4.69, 9.17) is 4.74 Å². The van der Waals surface area contributed by atoms with Crippen molar-refractivity contribution < 1.29 is 22.7 Å². The summed E-state index contributed by atoms with van der Waals surface area (Å²) in [6, 6.07) is 1.42. The molecule has 1 heterocycles. The minimum Gasteiger partial charge on any atom is -0.375 e. The maximum Gasteiger partial charge on any atom is 0.254 e. The molecule has 1 aromatic rings. The zero-order valence-electron chi connectivity index (χ0n) is 9.75. The standard InChI is InChI=1S/C12H12F3NO2/c1-7-6-16(2-3-18-7)12(17)8-4-9(13)11(15)10(14)5-8/h4-5,7H,2-3,6H2,1H3. The van der Waals surface area contributed by atoms with E-state index < -0.39 is 23.4 Å². The zero-order chi connectivity index (χ0) is 13.3. The molecule has 1 atom stereocenters. The maximum atomic E-state index is 13.0. The number of nitrogens with zero attached hydrogens (tertiary/aromatic N) is 1. The van der Waals surface area contributed by atoms with Crippen molar-refractivity contribution in [2.75, 3.05) is 19.7 Å². The van der Waals surface area contributed by atoms with Crippen LogP contribution >= 0.6 is 0 Å². The summed E-state index contributed by atoms with van der Waals surface area (Å²) in [5, 5.41) is 0. The Morgan fingerprint density at radius 2 is 1.94 bits per heavy atom. The van der Waals surface area contributed by atoms with E-state index in [9.17, 15) is 18.0 Å². The first-order chi connectivity index (χ1) is 8.49. The van der Waals surface area contributed by atoms with Crippen LogP contribution in [0, 0.1) is 17.5 Å². The van der Waals surface area contributed by atoms with Crippen LogP contribution in [0.5, 0.6) is 0 Å². The van der Waals surface area contributed by atoms with E-state index in [1.807, 2.05) is 0 Å². The molecule has 0 aliphatic carbocycles. The van der Waals surface area contributed by atoms with Crippen molar-refractivity contribution in [2.45, 2.75) is 13.0 Å². The lowest BCUT2D eigenvalue weighted by atomic mass is 10.1. The van der Waals surface area contributed by atoms with Gasteiger partial charge in [-0.25, -0.2) is 13.2 Å². The lowest BCUT2D eigenvalue weighted by Crippen LogP contribution is -2.44. The quantitative estimate of drug-likeness (QED) is 0.722. The van der Waals surface area contributed by atoms with E-state index in [0.29, 0.717) is 31.8 Å². The van der Waals surface area contributed by atoms with Gasteiger partial charge in [0.2, 0.25) is 0 Å². The molecule has 3 nitrogen and oxygen atoms in total. The monoisotopic (exact) mass is 259 g/mol. The fraction of sp³-hybridized carbons (Fsp3) is 0.417. The normalized spacial score (nSPS) is 20.0. The SMILES string of the molecule is CC1CN(C(=O)c2cc(F)c(F)c(F)c2)CCO1. The van der Waals surface area contributed by atoms with Crippen molar-refractivity contribution in [3.8, 4) is 0 Å². The molecule has 0 saturated carbocycles. The highest BCUT2D eigenvalue weighted by atomic mass is 19.2. The molecule has 98 valence electrons. The van der Waals surface area contributed by atoms with Crippen molar-refractivity contribution in [2.24, 2.45) is 0 Å². The maximum absolute atomic E-state index is 13.0. The van der Waals surface area contributed by atoms with Crippen molar-refractivity contribution in [1.82, 2.24) is 4.90 Å². The highest BCUT2D eigenvalue weighted by Crippen LogP contribution is 2.16. The third kappa shape index (κ3) is 2.48. The second-order valence-corrected chi connectivity index (χ2v) is 4.19. The van der Waals surface area contributed by atoms with E-state index in [1.165, 1.54) is 4.90 Å². The van der Waals surface area contributed by atoms with Gasteiger partial charge in [-0.1, -0.05) is 0 Å². The number of carbonyl (C=O) groups excluding carboxylic acids is 1. The topological polar surface area (TPSA) is 29.5 Å². The molecule has 0 radical (unpaired) electrons. The van der Waals surface area contributed by atoms with Crippen LogP contribution in [0.15, 0.2) is 12.1 Å². The van der Waals surface area contributed by atoms with E-state index in [-0.39, 0.29) is 11.7 Å². The van der Waals surface area contributed by atoms with Gasteiger partial charge in [0.25, 0.3) is 5.91 Å². The number of halogens is 3. The highest BCUT2D eigenvalue weighted by Gasteiger charge is 2.24. The van der Waals surface area contributed by atoms with Crippen molar-refractivity contribution in [3.63, 3.8) is 0 Å². The molecular formula is C12H12F3NO2. The molecule has 2 rings (SSSR count).